The highest BCUT2D eigenvalue weighted by atomic mass is 16.3. The van der Waals surface area contributed by atoms with Gasteiger partial charge in [-0.15, -0.1) is 6.58 Å². The third kappa shape index (κ3) is 7.21. The Morgan fingerprint density at radius 3 is 2.30 bits per heavy atom. The molecule has 172 valence electrons. The first-order valence-electron chi connectivity index (χ1n) is 11.4. The van der Waals surface area contributed by atoms with Gasteiger partial charge in [-0.05, 0) is 48.2 Å². The molecule has 0 fully saturated rings. The fourth-order valence-electron chi connectivity index (χ4n) is 3.64. The molecule has 2 aromatic carbocycles. The van der Waals surface area contributed by atoms with Crippen LogP contribution in [0.5, 0.6) is 0 Å². The zero-order chi connectivity index (χ0) is 23.5. The fourth-order valence-corrected chi connectivity index (χ4v) is 3.64. The molecule has 0 spiro atoms. The van der Waals surface area contributed by atoms with Crippen molar-refractivity contribution in [2.75, 3.05) is 13.1 Å². The van der Waals surface area contributed by atoms with Crippen LogP contribution in [0.4, 0.5) is 0 Å². The molecular weight excluding hydrogens is 412 g/mol. The number of nitrogens with zero attached hydrogens (tertiary/aromatic N) is 2. The number of amides is 2. The van der Waals surface area contributed by atoms with E-state index in [1.165, 1.54) is 10.5 Å². The molecule has 2 amide bonds. The fraction of sp³-hybridized carbons (Fsp3) is 0.286. The van der Waals surface area contributed by atoms with Gasteiger partial charge in [0, 0.05) is 18.7 Å². The van der Waals surface area contributed by atoms with Gasteiger partial charge in [-0.25, -0.2) is 0 Å². The maximum Gasteiger partial charge on any atom is 0.254 e. The zero-order valence-electron chi connectivity index (χ0n) is 19.3. The van der Waals surface area contributed by atoms with Crippen LogP contribution in [0.3, 0.4) is 0 Å². The van der Waals surface area contributed by atoms with E-state index in [2.05, 4.69) is 13.5 Å². The monoisotopic (exact) mass is 444 g/mol. The summed E-state index contributed by atoms with van der Waals surface area (Å²) in [7, 11) is 0. The van der Waals surface area contributed by atoms with Crippen LogP contribution < -0.4 is 0 Å². The molecule has 0 unspecified atom stereocenters. The normalized spacial score (nSPS) is 10.6. The van der Waals surface area contributed by atoms with E-state index in [-0.39, 0.29) is 18.4 Å². The molecule has 1 aromatic heterocycles. The Hall–Kier alpha value is -3.60. The number of carbonyl (C=O) groups excluding carboxylic acids is 2. The van der Waals surface area contributed by atoms with E-state index in [4.69, 9.17) is 4.42 Å². The van der Waals surface area contributed by atoms with E-state index >= 15 is 0 Å². The van der Waals surface area contributed by atoms with Crippen LogP contribution in [0.1, 0.15) is 47.0 Å². The number of unbranched alkanes of at least 4 members (excludes halogenated alkanes) is 1. The highest BCUT2D eigenvalue weighted by Crippen LogP contribution is 2.14. The van der Waals surface area contributed by atoms with Crippen LogP contribution in [0, 0.1) is 0 Å². The summed E-state index contributed by atoms with van der Waals surface area (Å²) >= 11 is 0. The Labute approximate surface area is 196 Å². The standard InChI is InChI=1S/C28H32N2O3/c1-3-5-10-23-14-16-25(17-15-23)28(32)29(18-4-2)22-27(31)30(21-26-13-9-19-33-26)20-24-11-7-6-8-12-24/h4,6-9,11-17,19H,2-3,5,10,18,20-22H2,1H3. The molecule has 0 aliphatic heterocycles. The number of carbonyl (C=O) groups is 2. The van der Waals surface area contributed by atoms with Gasteiger partial charge in [0.1, 0.15) is 12.3 Å². The van der Waals surface area contributed by atoms with Crippen molar-refractivity contribution in [3.63, 3.8) is 0 Å². The smallest absolute Gasteiger partial charge is 0.254 e. The minimum Gasteiger partial charge on any atom is -0.467 e. The topological polar surface area (TPSA) is 53.8 Å². The van der Waals surface area contributed by atoms with Gasteiger partial charge in [-0.1, -0.05) is 61.9 Å². The Bertz CT molecular complexity index is 1010. The largest absolute Gasteiger partial charge is 0.467 e. The molecule has 0 saturated heterocycles. The van der Waals surface area contributed by atoms with E-state index in [0.29, 0.717) is 31.0 Å². The van der Waals surface area contributed by atoms with Crippen LogP contribution in [0.25, 0.3) is 0 Å². The Balaban J connectivity index is 1.73. The molecule has 5 nitrogen and oxygen atoms in total. The number of hydrogen-bond donors (Lipinski definition) is 0. The Morgan fingerprint density at radius 2 is 1.67 bits per heavy atom. The van der Waals surface area contributed by atoms with Crippen molar-refractivity contribution in [1.82, 2.24) is 9.80 Å². The van der Waals surface area contributed by atoms with Gasteiger partial charge in [0.2, 0.25) is 5.91 Å². The first-order chi connectivity index (χ1) is 16.1. The highest BCUT2D eigenvalue weighted by molar-refractivity contribution is 5.96. The predicted molar refractivity (Wildman–Crippen MR) is 131 cm³/mol. The zero-order valence-corrected chi connectivity index (χ0v) is 19.3. The lowest BCUT2D eigenvalue weighted by Crippen LogP contribution is -2.42. The molecule has 0 aliphatic rings. The van der Waals surface area contributed by atoms with E-state index in [1.54, 1.807) is 23.3 Å². The van der Waals surface area contributed by atoms with Gasteiger partial charge in [0.15, 0.2) is 0 Å². The predicted octanol–water partition coefficient (Wildman–Crippen LogP) is 5.48. The second kappa shape index (κ2) is 12.4. The molecule has 0 radical (unpaired) electrons. The van der Waals surface area contributed by atoms with Crippen molar-refractivity contribution in [2.45, 2.75) is 39.3 Å². The van der Waals surface area contributed by atoms with Gasteiger partial charge in [-0.3, -0.25) is 9.59 Å². The minimum absolute atomic E-state index is 0.0318. The second-order valence-electron chi connectivity index (χ2n) is 8.09. The van der Waals surface area contributed by atoms with Crippen molar-refractivity contribution in [1.29, 1.82) is 0 Å². The lowest BCUT2D eigenvalue weighted by molar-refractivity contribution is -0.133. The van der Waals surface area contributed by atoms with Crippen molar-refractivity contribution in [3.8, 4) is 0 Å². The van der Waals surface area contributed by atoms with Crippen LogP contribution in [-0.2, 0) is 24.3 Å². The van der Waals surface area contributed by atoms with Crippen LogP contribution in [0.2, 0.25) is 0 Å². The number of aryl methyl sites for hydroxylation is 1. The third-order valence-corrected chi connectivity index (χ3v) is 5.48. The first kappa shape index (κ1) is 24.1. The average molecular weight is 445 g/mol. The molecule has 33 heavy (non-hydrogen) atoms. The van der Waals surface area contributed by atoms with Crippen molar-refractivity contribution < 1.29 is 14.0 Å². The van der Waals surface area contributed by atoms with Crippen molar-refractivity contribution >= 4 is 11.8 Å². The SMILES string of the molecule is C=CCN(CC(=O)N(Cc1ccccc1)Cc1ccco1)C(=O)c1ccc(CCCC)cc1. The number of furan rings is 1. The molecule has 3 rings (SSSR count). The molecule has 0 saturated carbocycles. The Kier molecular flexibility index (Phi) is 9.07. The summed E-state index contributed by atoms with van der Waals surface area (Å²) in [6, 6.07) is 21.1. The maximum absolute atomic E-state index is 13.3. The van der Waals surface area contributed by atoms with E-state index in [9.17, 15) is 9.59 Å². The van der Waals surface area contributed by atoms with Crippen molar-refractivity contribution in [3.05, 3.63) is 108 Å². The van der Waals surface area contributed by atoms with Gasteiger partial charge < -0.3 is 14.2 Å². The van der Waals surface area contributed by atoms with Crippen LogP contribution in [-0.4, -0.2) is 34.7 Å². The summed E-state index contributed by atoms with van der Waals surface area (Å²) in [5, 5.41) is 0. The van der Waals surface area contributed by atoms with Gasteiger partial charge >= 0.3 is 0 Å². The average Bonchev–Trinajstić information content (AvgIpc) is 3.36. The summed E-state index contributed by atoms with van der Waals surface area (Å²) in [6.45, 7) is 6.96. The van der Waals surface area contributed by atoms with E-state index in [1.807, 2.05) is 60.7 Å². The molecule has 5 heteroatoms. The number of benzene rings is 2. The molecule has 0 N–H and O–H groups in total. The first-order valence-corrected chi connectivity index (χ1v) is 11.4. The summed E-state index contributed by atoms with van der Waals surface area (Å²) in [5.74, 6) is 0.372. The van der Waals surface area contributed by atoms with E-state index in [0.717, 1.165) is 24.8 Å². The summed E-state index contributed by atoms with van der Waals surface area (Å²) in [6.07, 6.45) is 6.50. The molecule has 1 heterocycles. The van der Waals surface area contributed by atoms with Crippen molar-refractivity contribution in [2.24, 2.45) is 0 Å². The number of rotatable bonds is 12. The summed E-state index contributed by atoms with van der Waals surface area (Å²) in [4.78, 5) is 29.8. The summed E-state index contributed by atoms with van der Waals surface area (Å²) < 4.78 is 5.47. The molecule has 3 aromatic rings. The van der Waals surface area contributed by atoms with Crippen LogP contribution in [0.15, 0.2) is 90.1 Å². The minimum atomic E-state index is -0.178. The highest BCUT2D eigenvalue weighted by Gasteiger charge is 2.22. The third-order valence-electron chi connectivity index (χ3n) is 5.48. The number of hydrogen-bond acceptors (Lipinski definition) is 3. The van der Waals surface area contributed by atoms with Gasteiger partial charge in [-0.2, -0.15) is 0 Å². The quantitative estimate of drug-likeness (QED) is 0.348. The maximum atomic E-state index is 13.3. The van der Waals surface area contributed by atoms with E-state index < -0.39 is 0 Å². The Morgan fingerprint density at radius 1 is 0.909 bits per heavy atom. The summed E-state index contributed by atoms with van der Waals surface area (Å²) in [5.41, 5.74) is 2.81. The molecule has 0 atom stereocenters. The molecular formula is C28H32N2O3. The van der Waals surface area contributed by atoms with Gasteiger partial charge in [0.25, 0.3) is 5.91 Å². The lowest BCUT2D eigenvalue weighted by Gasteiger charge is -2.27. The lowest BCUT2D eigenvalue weighted by atomic mass is 10.1. The molecule has 0 bridgehead atoms. The van der Waals surface area contributed by atoms with Gasteiger partial charge in [0.05, 0.1) is 12.8 Å². The molecule has 0 aliphatic carbocycles. The van der Waals surface area contributed by atoms with Crippen LogP contribution >= 0.6 is 0 Å². The second-order valence-corrected chi connectivity index (χ2v) is 8.09.